The summed E-state index contributed by atoms with van der Waals surface area (Å²) in [6.07, 6.45) is -0.357. The maximum absolute atomic E-state index is 12.5. The number of carboxylic acid groups (broad SMARTS) is 1. The maximum atomic E-state index is 12.5. The van der Waals surface area contributed by atoms with Crippen LogP contribution in [0.4, 0.5) is 0 Å². The van der Waals surface area contributed by atoms with Gasteiger partial charge in [-0.2, -0.15) is 0 Å². The van der Waals surface area contributed by atoms with Gasteiger partial charge in [-0.25, -0.2) is 0 Å². The van der Waals surface area contributed by atoms with Crippen LogP contribution in [-0.2, 0) is 11.2 Å². The van der Waals surface area contributed by atoms with Gasteiger partial charge in [0.2, 0.25) is 0 Å². The van der Waals surface area contributed by atoms with Crippen molar-refractivity contribution in [2.45, 2.75) is 12.5 Å². The molecule has 4 nitrogen and oxygen atoms in total. The summed E-state index contributed by atoms with van der Waals surface area (Å²) < 4.78 is 32.0. The van der Waals surface area contributed by atoms with Crippen molar-refractivity contribution in [1.82, 2.24) is 0 Å². The molecule has 0 heterocycles. The molecule has 0 spiro atoms. The summed E-state index contributed by atoms with van der Waals surface area (Å²) in [5.74, 6) is -1.93. The lowest BCUT2D eigenvalue weighted by Crippen LogP contribution is -2.32. The number of rotatable bonds is 5. The van der Waals surface area contributed by atoms with Crippen LogP contribution in [0.15, 0.2) is 54.5 Å². The van der Waals surface area contributed by atoms with Crippen LogP contribution in [0.2, 0.25) is 0 Å². The fourth-order valence-corrected chi connectivity index (χ4v) is 1.60. The van der Waals surface area contributed by atoms with Crippen LogP contribution in [0.25, 0.3) is 0 Å². The molecule has 102 valence electrons. The summed E-state index contributed by atoms with van der Waals surface area (Å²) in [4.78, 5) is 23.4. The fraction of sp³-hybridized carbons (Fsp3) is 0.125. The van der Waals surface area contributed by atoms with E-state index >= 15 is 0 Å². The number of benzene rings is 2. The van der Waals surface area contributed by atoms with Gasteiger partial charge >= 0.3 is 5.97 Å². The van der Waals surface area contributed by atoms with Crippen LogP contribution in [0.1, 0.15) is 27.0 Å². The first-order valence-corrected chi connectivity index (χ1v) is 5.93. The van der Waals surface area contributed by atoms with E-state index in [-0.39, 0.29) is 23.1 Å². The lowest BCUT2D eigenvalue weighted by molar-refractivity contribution is -0.138. The molecule has 20 heavy (non-hydrogen) atoms. The normalized spacial score (nSPS) is 14.7. The Morgan fingerprint density at radius 3 is 2.25 bits per heavy atom. The molecule has 0 aromatic heterocycles. The third kappa shape index (κ3) is 3.30. The van der Waals surface area contributed by atoms with Crippen LogP contribution in [-0.4, -0.2) is 22.9 Å². The van der Waals surface area contributed by atoms with Crippen molar-refractivity contribution >= 4 is 11.8 Å². The Morgan fingerprint density at radius 2 is 1.70 bits per heavy atom. The number of carbonyl (C=O) groups excluding carboxylic acids is 1. The number of ketones is 1. The zero-order valence-corrected chi connectivity index (χ0v) is 10.5. The van der Waals surface area contributed by atoms with Gasteiger partial charge < -0.3 is 10.8 Å². The van der Waals surface area contributed by atoms with Crippen molar-refractivity contribution in [3.63, 3.8) is 0 Å². The van der Waals surface area contributed by atoms with Gasteiger partial charge in [-0.3, -0.25) is 9.59 Å². The highest BCUT2D eigenvalue weighted by atomic mass is 16.4. The summed E-state index contributed by atoms with van der Waals surface area (Å²) in [5, 5.41) is 8.86. The van der Waals surface area contributed by atoms with Crippen LogP contribution < -0.4 is 5.73 Å². The van der Waals surface area contributed by atoms with Gasteiger partial charge in [-0.05, 0) is 12.0 Å². The molecule has 0 radical (unpaired) electrons. The van der Waals surface area contributed by atoms with E-state index in [0.717, 1.165) is 0 Å². The first kappa shape index (κ1) is 9.44. The first-order valence-electron chi connectivity index (χ1n) is 7.93. The highest BCUT2D eigenvalue weighted by molar-refractivity contribution is 6.08. The molecule has 1 atom stereocenters. The Labute approximate surface area is 122 Å². The monoisotopic (exact) mass is 277 g/mol. The lowest BCUT2D eigenvalue weighted by atomic mass is 10.00. The molecule has 0 amide bonds. The second-order valence-corrected chi connectivity index (χ2v) is 4.20. The summed E-state index contributed by atoms with van der Waals surface area (Å²) in [6, 6.07) is 4.74. The second kappa shape index (κ2) is 6.12. The smallest absolute Gasteiger partial charge is 0.320 e. The molecule has 4 heteroatoms. The van der Waals surface area contributed by atoms with Gasteiger partial charge in [-0.15, -0.1) is 0 Å². The molecule has 2 aromatic rings. The highest BCUT2D eigenvalue weighted by Crippen LogP contribution is 2.12. The summed E-state index contributed by atoms with van der Waals surface area (Å²) in [7, 11) is 0. The maximum Gasteiger partial charge on any atom is 0.320 e. The minimum absolute atomic E-state index is 0.121. The van der Waals surface area contributed by atoms with Crippen molar-refractivity contribution < 1.29 is 20.2 Å². The van der Waals surface area contributed by atoms with Crippen LogP contribution in [0.5, 0.6) is 0 Å². The minimum Gasteiger partial charge on any atom is -0.480 e. The van der Waals surface area contributed by atoms with Crippen LogP contribution in [0, 0.1) is 0 Å². The van der Waals surface area contributed by atoms with E-state index in [9.17, 15) is 9.59 Å². The topological polar surface area (TPSA) is 80.4 Å². The molecule has 0 fully saturated rings. The third-order valence-corrected chi connectivity index (χ3v) is 2.68. The predicted octanol–water partition coefficient (Wildman–Crippen LogP) is 1.87. The van der Waals surface area contributed by atoms with E-state index in [1.165, 1.54) is 12.1 Å². The molecule has 0 saturated carbocycles. The first-order chi connectivity index (χ1) is 11.3. The Kier molecular flexibility index (Phi) is 2.89. The Hall–Kier alpha value is -2.46. The number of hydrogen-bond acceptors (Lipinski definition) is 3. The van der Waals surface area contributed by atoms with Gasteiger partial charge in [0.15, 0.2) is 5.78 Å². The Bertz CT molecular complexity index is 780. The summed E-state index contributed by atoms with van der Waals surface area (Å²) >= 11 is 0. The molecular weight excluding hydrogens is 254 g/mol. The zero-order valence-electron chi connectivity index (χ0n) is 14.5. The molecule has 0 bridgehead atoms. The van der Waals surface area contributed by atoms with Crippen LogP contribution in [0.3, 0.4) is 0 Å². The molecule has 0 aliphatic rings. The standard InChI is InChI=1S/C16H15NO3/c17-14(16(19)20)10-11-6-8-13(9-7-11)15(18)12-4-2-1-3-5-12/h1-9,14H,10,17H2,(H,19,20)/i6T,7T,8T,9T. The van der Waals surface area contributed by atoms with E-state index in [4.69, 9.17) is 16.3 Å². The molecule has 0 saturated heterocycles. The van der Waals surface area contributed by atoms with E-state index in [1.54, 1.807) is 18.2 Å². The zero-order chi connectivity index (χ0) is 18.0. The van der Waals surface area contributed by atoms with Crippen molar-refractivity contribution in [2.24, 2.45) is 5.73 Å². The molecule has 0 aliphatic heterocycles. The average molecular weight is 277 g/mol. The predicted molar refractivity (Wildman–Crippen MR) is 75.6 cm³/mol. The largest absolute Gasteiger partial charge is 0.480 e. The summed E-state index contributed by atoms with van der Waals surface area (Å²) in [6.45, 7) is 0. The molecule has 1 unspecified atom stereocenters. The van der Waals surface area contributed by atoms with Gasteiger partial charge in [0, 0.05) is 11.1 Å². The van der Waals surface area contributed by atoms with Crippen molar-refractivity contribution in [2.75, 3.05) is 0 Å². The Balaban J connectivity index is 2.57. The van der Waals surface area contributed by atoms with Gasteiger partial charge in [0.25, 0.3) is 0 Å². The van der Waals surface area contributed by atoms with Crippen LogP contribution >= 0.6 is 0 Å². The minimum atomic E-state index is -1.35. The molecular formula is C16H15NO3. The number of aliphatic carboxylic acids is 1. The van der Waals surface area contributed by atoms with E-state index in [0.29, 0.717) is 0 Å². The van der Waals surface area contributed by atoms with Crippen molar-refractivity contribution in [3.8, 4) is 0 Å². The summed E-state index contributed by atoms with van der Waals surface area (Å²) in [5.41, 5.74) is 5.20. The SMILES string of the molecule is [3H]c1c([3H])c(C(=O)c2ccccc2)c([3H])c([3H])c1CC(N)C(=O)O. The van der Waals surface area contributed by atoms with Gasteiger partial charge in [-0.1, -0.05) is 54.5 Å². The average Bonchev–Trinajstić information content (AvgIpc) is 2.57. The van der Waals surface area contributed by atoms with Crippen molar-refractivity contribution in [3.05, 3.63) is 71.2 Å². The molecule has 3 N–H and O–H groups in total. The van der Waals surface area contributed by atoms with Crippen molar-refractivity contribution in [1.29, 1.82) is 0 Å². The number of hydrogen-bond donors (Lipinski definition) is 2. The van der Waals surface area contributed by atoms with Gasteiger partial charge in [0.05, 0.1) is 5.48 Å². The number of carboxylic acids is 1. The number of nitrogens with two attached hydrogens (primary N) is 1. The van der Waals surface area contributed by atoms with E-state index in [1.807, 2.05) is 0 Å². The molecule has 0 aliphatic carbocycles. The van der Waals surface area contributed by atoms with E-state index < -0.39 is 42.0 Å². The third-order valence-electron chi connectivity index (χ3n) is 2.68. The molecule has 2 aromatic carbocycles. The fourth-order valence-electron chi connectivity index (χ4n) is 1.60. The van der Waals surface area contributed by atoms with Gasteiger partial charge in [0.1, 0.15) is 6.04 Å². The molecule has 2 rings (SSSR count). The van der Waals surface area contributed by atoms with E-state index in [2.05, 4.69) is 0 Å². The highest BCUT2D eigenvalue weighted by Gasteiger charge is 2.13. The number of carbonyl (C=O) groups is 2. The second-order valence-electron chi connectivity index (χ2n) is 4.20. The Morgan fingerprint density at radius 1 is 1.10 bits per heavy atom. The lowest BCUT2D eigenvalue weighted by Gasteiger charge is -2.07. The quantitative estimate of drug-likeness (QED) is 0.818.